The molecule has 0 aromatic heterocycles. The van der Waals surface area contributed by atoms with E-state index in [0.717, 1.165) is 12.8 Å². The van der Waals surface area contributed by atoms with E-state index >= 15 is 0 Å². The molecule has 0 unspecified atom stereocenters. The van der Waals surface area contributed by atoms with Crippen molar-refractivity contribution in [2.75, 3.05) is 6.54 Å². The lowest BCUT2D eigenvalue weighted by atomic mass is 10.3. The van der Waals surface area contributed by atoms with Crippen LogP contribution in [0.15, 0.2) is 0 Å². The average Bonchev–Trinajstić information content (AvgIpc) is 2.82. The molecule has 0 heterocycles. The van der Waals surface area contributed by atoms with Crippen molar-refractivity contribution in [3.63, 3.8) is 0 Å². The third kappa shape index (κ3) is 2.57. The molecule has 6 heteroatoms. The molecule has 0 aromatic rings. The Balaban J connectivity index is 2.35. The molecule has 1 fully saturated rings. The molecule has 0 bridgehead atoms. The summed E-state index contributed by atoms with van der Waals surface area (Å²) in [5.41, 5.74) is 0. The molecular formula is C7H9F4NO. The van der Waals surface area contributed by atoms with Gasteiger partial charge in [0.1, 0.15) is 0 Å². The topological polar surface area (TPSA) is 29.1 Å². The van der Waals surface area contributed by atoms with Crippen molar-refractivity contribution in [3.8, 4) is 0 Å². The van der Waals surface area contributed by atoms with Crippen LogP contribution in [-0.2, 0) is 4.79 Å². The molecule has 1 rings (SSSR count). The summed E-state index contributed by atoms with van der Waals surface area (Å²) in [6, 6.07) is 0. The van der Waals surface area contributed by atoms with Crippen LogP contribution in [0.25, 0.3) is 0 Å². The van der Waals surface area contributed by atoms with Gasteiger partial charge in [-0.05, 0) is 18.8 Å². The SMILES string of the molecule is O=C(NCC1CC1)C(F)(F)C(F)F. The first-order valence-corrected chi connectivity index (χ1v) is 3.89. The fourth-order valence-electron chi connectivity index (χ4n) is 0.776. The van der Waals surface area contributed by atoms with Crippen LogP contribution in [0.1, 0.15) is 12.8 Å². The van der Waals surface area contributed by atoms with Gasteiger partial charge in [0.2, 0.25) is 0 Å². The Morgan fingerprint density at radius 1 is 1.46 bits per heavy atom. The summed E-state index contributed by atoms with van der Waals surface area (Å²) < 4.78 is 47.7. The molecule has 0 saturated heterocycles. The Labute approximate surface area is 72.3 Å². The molecule has 1 saturated carbocycles. The average molecular weight is 199 g/mol. The summed E-state index contributed by atoms with van der Waals surface area (Å²) in [6.07, 6.45) is -2.21. The van der Waals surface area contributed by atoms with E-state index in [9.17, 15) is 22.4 Å². The third-order valence-corrected chi connectivity index (χ3v) is 1.83. The lowest BCUT2D eigenvalue weighted by Gasteiger charge is -2.14. The van der Waals surface area contributed by atoms with E-state index in [1.165, 1.54) is 0 Å². The van der Waals surface area contributed by atoms with Gasteiger partial charge < -0.3 is 5.32 Å². The predicted molar refractivity (Wildman–Crippen MR) is 36.7 cm³/mol. The normalized spacial score (nSPS) is 17.6. The van der Waals surface area contributed by atoms with Crippen LogP contribution in [0, 0.1) is 5.92 Å². The van der Waals surface area contributed by atoms with Crippen LogP contribution in [0.2, 0.25) is 0 Å². The van der Waals surface area contributed by atoms with Crippen molar-refractivity contribution in [1.82, 2.24) is 5.32 Å². The molecule has 76 valence electrons. The summed E-state index contributed by atoms with van der Waals surface area (Å²) in [7, 11) is 0. The van der Waals surface area contributed by atoms with Gasteiger partial charge in [0.05, 0.1) is 0 Å². The minimum Gasteiger partial charge on any atom is -0.350 e. The smallest absolute Gasteiger partial charge is 0.350 e. The maximum absolute atomic E-state index is 12.2. The van der Waals surface area contributed by atoms with E-state index in [1.54, 1.807) is 5.32 Å². The lowest BCUT2D eigenvalue weighted by Crippen LogP contribution is -2.45. The largest absolute Gasteiger partial charge is 0.383 e. The molecule has 1 amide bonds. The fourth-order valence-corrected chi connectivity index (χ4v) is 0.776. The molecule has 0 atom stereocenters. The maximum Gasteiger partial charge on any atom is 0.383 e. The second-order valence-electron chi connectivity index (χ2n) is 3.08. The standard InChI is InChI=1S/C7H9F4NO/c8-5(9)7(10,11)6(13)12-3-4-1-2-4/h4-5H,1-3H2,(H,12,13). The van der Waals surface area contributed by atoms with Crippen LogP contribution in [0.5, 0.6) is 0 Å². The Kier molecular flexibility index (Phi) is 2.77. The maximum atomic E-state index is 12.2. The van der Waals surface area contributed by atoms with Gasteiger partial charge in [-0.15, -0.1) is 0 Å². The first kappa shape index (κ1) is 10.3. The summed E-state index contributed by atoms with van der Waals surface area (Å²) in [5.74, 6) is -6.25. The van der Waals surface area contributed by atoms with Crippen LogP contribution in [-0.4, -0.2) is 24.8 Å². The monoisotopic (exact) mass is 199 g/mol. The Bertz CT molecular complexity index is 203. The summed E-state index contributed by atoms with van der Waals surface area (Å²) in [5, 5.41) is 1.80. The third-order valence-electron chi connectivity index (χ3n) is 1.83. The van der Waals surface area contributed by atoms with E-state index in [2.05, 4.69) is 0 Å². The first-order chi connectivity index (χ1) is 5.94. The van der Waals surface area contributed by atoms with Gasteiger partial charge in [0.15, 0.2) is 0 Å². The van der Waals surface area contributed by atoms with Crippen molar-refractivity contribution in [2.45, 2.75) is 25.2 Å². The first-order valence-electron chi connectivity index (χ1n) is 3.89. The van der Waals surface area contributed by atoms with Gasteiger partial charge in [-0.25, -0.2) is 8.78 Å². The molecule has 0 radical (unpaired) electrons. The molecule has 13 heavy (non-hydrogen) atoms. The Morgan fingerprint density at radius 3 is 2.38 bits per heavy atom. The van der Waals surface area contributed by atoms with Crippen molar-refractivity contribution in [2.24, 2.45) is 5.92 Å². The van der Waals surface area contributed by atoms with Gasteiger partial charge in [0, 0.05) is 6.54 Å². The van der Waals surface area contributed by atoms with E-state index in [1.807, 2.05) is 0 Å². The molecular weight excluding hydrogens is 190 g/mol. The quantitative estimate of drug-likeness (QED) is 0.681. The van der Waals surface area contributed by atoms with Crippen LogP contribution in [0.4, 0.5) is 17.6 Å². The van der Waals surface area contributed by atoms with E-state index < -0.39 is 18.3 Å². The van der Waals surface area contributed by atoms with E-state index in [-0.39, 0.29) is 12.5 Å². The highest BCUT2D eigenvalue weighted by molar-refractivity contribution is 5.83. The molecule has 0 spiro atoms. The number of hydrogen-bond acceptors (Lipinski definition) is 1. The van der Waals surface area contributed by atoms with Gasteiger partial charge in [0.25, 0.3) is 5.91 Å². The zero-order chi connectivity index (χ0) is 10.1. The number of carbonyl (C=O) groups excluding carboxylic acids is 1. The molecule has 1 N–H and O–H groups in total. The minimum atomic E-state index is -4.56. The van der Waals surface area contributed by atoms with Crippen LogP contribution in [0.3, 0.4) is 0 Å². The van der Waals surface area contributed by atoms with Crippen molar-refractivity contribution >= 4 is 5.91 Å². The lowest BCUT2D eigenvalue weighted by molar-refractivity contribution is -0.169. The fraction of sp³-hybridized carbons (Fsp3) is 0.857. The number of halogens is 4. The molecule has 1 aliphatic rings. The molecule has 0 aromatic carbocycles. The van der Waals surface area contributed by atoms with Crippen LogP contribution >= 0.6 is 0 Å². The zero-order valence-electron chi connectivity index (χ0n) is 6.70. The Hall–Kier alpha value is -0.810. The van der Waals surface area contributed by atoms with Crippen molar-refractivity contribution in [1.29, 1.82) is 0 Å². The van der Waals surface area contributed by atoms with E-state index in [0.29, 0.717) is 0 Å². The predicted octanol–water partition coefficient (Wildman–Crippen LogP) is 1.41. The van der Waals surface area contributed by atoms with Gasteiger partial charge in [-0.2, -0.15) is 8.78 Å². The van der Waals surface area contributed by atoms with Gasteiger partial charge >= 0.3 is 12.3 Å². The number of nitrogens with one attached hydrogen (secondary N) is 1. The summed E-state index contributed by atoms with van der Waals surface area (Å²) in [4.78, 5) is 10.5. The number of hydrogen-bond donors (Lipinski definition) is 1. The highest BCUT2D eigenvalue weighted by atomic mass is 19.3. The van der Waals surface area contributed by atoms with Gasteiger partial charge in [-0.1, -0.05) is 0 Å². The highest BCUT2D eigenvalue weighted by Crippen LogP contribution is 2.28. The second kappa shape index (κ2) is 3.51. The number of alkyl halides is 4. The van der Waals surface area contributed by atoms with Crippen molar-refractivity contribution in [3.05, 3.63) is 0 Å². The van der Waals surface area contributed by atoms with Crippen molar-refractivity contribution < 1.29 is 22.4 Å². The number of amides is 1. The second-order valence-corrected chi connectivity index (χ2v) is 3.08. The Morgan fingerprint density at radius 2 is 2.00 bits per heavy atom. The van der Waals surface area contributed by atoms with Crippen LogP contribution < -0.4 is 5.32 Å². The number of carbonyl (C=O) groups is 1. The van der Waals surface area contributed by atoms with Gasteiger partial charge in [-0.3, -0.25) is 4.79 Å². The van der Waals surface area contributed by atoms with E-state index in [4.69, 9.17) is 0 Å². The minimum absolute atomic E-state index is 0.0706. The molecule has 2 nitrogen and oxygen atoms in total. The number of rotatable bonds is 4. The zero-order valence-corrected chi connectivity index (χ0v) is 6.70. The highest BCUT2D eigenvalue weighted by Gasteiger charge is 2.48. The summed E-state index contributed by atoms with van der Waals surface area (Å²) >= 11 is 0. The molecule has 1 aliphatic carbocycles. The summed E-state index contributed by atoms with van der Waals surface area (Å²) in [6.45, 7) is 0.0706. The molecule has 0 aliphatic heterocycles.